The lowest BCUT2D eigenvalue weighted by Crippen LogP contribution is -2.61. The molecule has 4 heteroatoms. The van der Waals surface area contributed by atoms with E-state index in [1.165, 1.54) is 122 Å². The van der Waals surface area contributed by atoms with Crippen molar-refractivity contribution < 1.29 is 0 Å². The van der Waals surface area contributed by atoms with Gasteiger partial charge in [-0.25, -0.2) is 0 Å². The number of rotatable bonds is 12. The average molecular weight is 1700 g/mol. The lowest BCUT2D eigenvalue weighted by Gasteiger charge is -2.46. The van der Waals surface area contributed by atoms with Gasteiger partial charge in [0.1, 0.15) is 0 Å². The Hall–Kier alpha value is -13.8. The highest BCUT2D eigenvalue weighted by atomic mass is 15.2. The summed E-state index contributed by atoms with van der Waals surface area (Å²) in [5, 5.41) is 2.50. The van der Waals surface area contributed by atoms with E-state index in [0.29, 0.717) is 0 Å². The highest BCUT2D eigenvalue weighted by molar-refractivity contribution is 7.00. The molecule has 18 aromatic rings. The zero-order chi connectivity index (χ0) is 90.7. The van der Waals surface area contributed by atoms with Gasteiger partial charge in [-0.05, 0) is 250 Å². The third kappa shape index (κ3) is 14.2. The number of fused-ring (bicyclic) bond motifs is 10. The Morgan fingerprint density at radius 3 is 0.992 bits per heavy atom. The first-order chi connectivity index (χ1) is 62.8. The maximum atomic E-state index is 2.80. The Balaban J connectivity index is 0.995. The third-order valence-electron chi connectivity index (χ3n) is 28.5. The molecule has 0 bridgehead atoms. The number of anilines is 6. The van der Waals surface area contributed by atoms with E-state index in [-0.39, 0.29) is 39.2 Å². The zero-order valence-corrected chi connectivity index (χ0v) is 79.2. The van der Waals surface area contributed by atoms with Crippen LogP contribution in [-0.2, 0) is 37.9 Å². The van der Waals surface area contributed by atoms with Crippen molar-refractivity contribution in [3.05, 3.63) is 432 Å². The molecule has 642 valence electrons. The van der Waals surface area contributed by atoms with Crippen molar-refractivity contribution in [1.29, 1.82) is 0 Å². The Kier molecular flexibility index (Phi) is 20.0. The maximum absolute atomic E-state index is 2.80. The predicted octanol–water partition coefficient (Wildman–Crippen LogP) is 32.7. The predicted molar refractivity (Wildman–Crippen MR) is 562 cm³/mol. The van der Waals surface area contributed by atoms with Crippen molar-refractivity contribution in [2.24, 2.45) is 0 Å². The summed E-state index contributed by atoms with van der Waals surface area (Å²) in [6.07, 6.45) is 0. The SMILES string of the molecule is CC(C)(C)c1cc(-c2ccc3c(c2)N(c2c(-c4ccccc4)cc(C(C)(C)C)cc2-c2ccccc2)c2cc(-c4cccc5c4C(c4ccccc4)(c4ccccc4-c4ccccc4)c4ccccc4-5)cc4c2B3c2ccc(-n3c5ccc(C(C)(C)C)cc5c5cc(C(C)(C)C)ccc53)cc2N4c2c(-c3ccccc3)cc(C(C)(C)C)cc2-c2ccccc2)cc(C(C)(C)C)c1. The standard InChI is InChI=1S/C127H116BN3/c1-121(2,3)90-61-66-111-105(74-90)106-75-91(122(4,5)6)62-67-112(106)129(111)96-63-65-110-114(80-96)131(120-103(84-48-31-22-32-49-84)78-95(126(16,17)18)79-104(120)85-50-33-23-34-51-85)116-72-88(98-56-41-57-100-99-55-38-40-59-108(99)127(117(98)100,89-52-35-24-36-53-89)107-58-39-37-54-97(107)81-42-25-19-26-43-81)71-115-118(116)128(110)109-64-60-86(87-68-92(123(7,8)9)73-93(69-87)124(10,11)12)70-113(109)130(115)119-101(82-44-27-20-28-45-82)76-94(125(13,14)15)77-102(119)83-46-29-21-30-47-83/h19-80H,1-18H3. The van der Waals surface area contributed by atoms with Crippen LogP contribution in [0.25, 0.3) is 117 Å². The van der Waals surface area contributed by atoms with Crippen molar-refractivity contribution in [2.75, 3.05) is 9.80 Å². The van der Waals surface area contributed by atoms with Crippen LogP contribution >= 0.6 is 0 Å². The molecule has 0 spiro atoms. The van der Waals surface area contributed by atoms with Crippen LogP contribution in [-0.4, -0.2) is 11.3 Å². The van der Waals surface area contributed by atoms with Gasteiger partial charge in [0.15, 0.2) is 0 Å². The minimum atomic E-state index is -0.876. The maximum Gasteiger partial charge on any atom is 0.252 e. The van der Waals surface area contributed by atoms with E-state index < -0.39 is 5.41 Å². The second kappa shape index (κ2) is 31.2. The van der Waals surface area contributed by atoms with Crippen LogP contribution in [0.5, 0.6) is 0 Å². The van der Waals surface area contributed by atoms with Gasteiger partial charge in [0, 0.05) is 61.5 Å². The van der Waals surface area contributed by atoms with E-state index in [9.17, 15) is 0 Å². The van der Waals surface area contributed by atoms with E-state index >= 15 is 0 Å². The number of hydrogen-bond acceptors (Lipinski definition) is 2. The van der Waals surface area contributed by atoms with Crippen LogP contribution in [0.4, 0.5) is 34.1 Å². The smallest absolute Gasteiger partial charge is 0.252 e. The number of aromatic nitrogens is 1. The Bertz CT molecular complexity index is 7320. The van der Waals surface area contributed by atoms with Crippen LogP contribution in [0.3, 0.4) is 0 Å². The van der Waals surface area contributed by atoms with E-state index in [2.05, 4.69) is 515 Å². The highest BCUT2D eigenvalue weighted by Gasteiger charge is 2.51. The van der Waals surface area contributed by atoms with Gasteiger partial charge in [0.05, 0.1) is 27.8 Å². The molecule has 2 aliphatic heterocycles. The van der Waals surface area contributed by atoms with E-state index in [1.807, 2.05) is 0 Å². The molecule has 3 nitrogen and oxygen atoms in total. The van der Waals surface area contributed by atoms with Gasteiger partial charge in [-0.2, -0.15) is 0 Å². The van der Waals surface area contributed by atoms with Crippen LogP contribution in [0.15, 0.2) is 376 Å². The summed E-state index contributed by atoms with van der Waals surface area (Å²) in [7, 11) is 0. The van der Waals surface area contributed by atoms with Crippen molar-refractivity contribution in [2.45, 2.75) is 163 Å². The van der Waals surface area contributed by atoms with Crippen molar-refractivity contribution in [3.63, 3.8) is 0 Å². The summed E-state index contributed by atoms with van der Waals surface area (Å²) in [5.41, 5.74) is 43.0. The summed E-state index contributed by atoms with van der Waals surface area (Å²) in [6, 6.07) is 147. The minimum Gasteiger partial charge on any atom is -0.310 e. The second-order valence-electron chi connectivity index (χ2n) is 43.3. The Morgan fingerprint density at radius 1 is 0.221 bits per heavy atom. The molecule has 21 rings (SSSR count). The summed E-state index contributed by atoms with van der Waals surface area (Å²) in [6.45, 7) is 42.3. The van der Waals surface area contributed by atoms with E-state index in [4.69, 9.17) is 0 Å². The molecule has 1 unspecified atom stereocenters. The minimum absolute atomic E-state index is 0.100. The first kappa shape index (κ1) is 84.1. The van der Waals surface area contributed by atoms with Gasteiger partial charge in [-0.3, -0.25) is 0 Å². The number of benzene rings is 17. The first-order valence-electron chi connectivity index (χ1n) is 47.1. The van der Waals surface area contributed by atoms with Crippen LogP contribution < -0.4 is 26.2 Å². The average Bonchev–Trinajstić information content (AvgIpc) is 1.64. The normalized spacial score (nSPS) is 14.3. The second-order valence-corrected chi connectivity index (χ2v) is 43.3. The lowest BCUT2D eigenvalue weighted by molar-refractivity contribution is 0.569. The summed E-state index contributed by atoms with van der Waals surface area (Å²) >= 11 is 0. The van der Waals surface area contributed by atoms with Gasteiger partial charge in [0.25, 0.3) is 6.71 Å². The fourth-order valence-corrected chi connectivity index (χ4v) is 21.5. The third-order valence-corrected chi connectivity index (χ3v) is 28.5. The molecule has 0 saturated heterocycles. The van der Waals surface area contributed by atoms with Gasteiger partial charge in [-0.1, -0.05) is 422 Å². The summed E-state index contributed by atoms with van der Waals surface area (Å²) in [4.78, 5) is 5.60. The van der Waals surface area contributed by atoms with Crippen LogP contribution in [0.1, 0.15) is 180 Å². The van der Waals surface area contributed by atoms with Crippen LogP contribution in [0, 0.1) is 0 Å². The molecule has 0 amide bonds. The topological polar surface area (TPSA) is 11.4 Å². The highest BCUT2D eigenvalue weighted by Crippen LogP contribution is 2.63. The van der Waals surface area contributed by atoms with Gasteiger partial charge >= 0.3 is 0 Å². The molecule has 0 N–H and O–H groups in total. The molecule has 1 aromatic heterocycles. The Labute approximate surface area is 777 Å². The van der Waals surface area contributed by atoms with Gasteiger partial charge in [0.2, 0.25) is 0 Å². The van der Waals surface area contributed by atoms with Crippen molar-refractivity contribution in [3.8, 4) is 94.7 Å². The molecule has 1 aliphatic carbocycles. The first-order valence-corrected chi connectivity index (χ1v) is 47.1. The van der Waals surface area contributed by atoms with Crippen molar-refractivity contribution >= 4 is 79.0 Å². The zero-order valence-electron chi connectivity index (χ0n) is 79.2. The van der Waals surface area contributed by atoms with Crippen LogP contribution in [0.2, 0.25) is 0 Å². The molecule has 3 aliphatic rings. The molecule has 0 saturated carbocycles. The summed E-state index contributed by atoms with van der Waals surface area (Å²) in [5.74, 6) is 0. The molecule has 17 aromatic carbocycles. The quantitative estimate of drug-likeness (QED) is 0.113. The number of nitrogens with zero attached hydrogens (tertiary/aromatic N) is 3. The lowest BCUT2D eigenvalue weighted by atomic mass is 9.33. The fourth-order valence-electron chi connectivity index (χ4n) is 21.5. The van der Waals surface area contributed by atoms with E-state index in [0.717, 1.165) is 101 Å². The van der Waals surface area contributed by atoms with E-state index in [1.54, 1.807) is 0 Å². The monoisotopic (exact) mass is 1690 g/mol. The van der Waals surface area contributed by atoms with Gasteiger partial charge in [-0.15, -0.1) is 0 Å². The number of hydrogen-bond donors (Lipinski definition) is 0. The molecule has 0 fully saturated rings. The van der Waals surface area contributed by atoms with Gasteiger partial charge < -0.3 is 14.4 Å². The molecule has 131 heavy (non-hydrogen) atoms. The molecular formula is C127H116BN3. The summed E-state index contributed by atoms with van der Waals surface area (Å²) < 4.78 is 2.59. The fraction of sp³-hybridized carbons (Fsp3) is 0.197. The largest absolute Gasteiger partial charge is 0.310 e. The molecule has 3 heterocycles. The molecular weight excluding hydrogens is 1580 g/mol. The van der Waals surface area contributed by atoms with Crippen molar-refractivity contribution in [1.82, 2.24) is 4.57 Å². The molecule has 0 radical (unpaired) electrons. The Morgan fingerprint density at radius 2 is 0.565 bits per heavy atom. The molecule has 1 atom stereocenters.